The molecule has 1 fully saturated rings. The normalized spacial score (nSPS) is 14.8. The van der Waals surface area contributed by atoms with Crippen molar-refractivity contribution < 1.29 is 5.11 Å². The van der Waals surface area contributed by atoms with Crippen molar-refractivity contribution in [1.29, 1.82) is 5.26 Å². The highest BCUT2D eigenvalue weighted by molar-refractivity contribution is 5.82. The van der Waals surface area contributed by atoms with E-state index in [9.17, 15) is 5.11 Å². The number of nitriles is 1. The minimum atomic E-state index is 0.186. The lowest BCUT2D eigenvalue weighted by Crippen LogP contribution is -2.52. The number of piperazine rings is 1. The summed E-state index contributed by atoms with van der Waals surface area (Å²) < 4.78 is 0. The predicted molar refractivity (Wildman–Crippen MR) is 104 cm³/mol. The third-order valence-electron chi connectivity index (χ3n) is 4.48. The van der Waals surface area contributed by atoms with Crippen molar-refractivity contribution in [2.45, 2.75) is 6.92 Å². The summed E-state index contributed by atoms with van der Waals surface area (Å²) in [6.07, 6.45) is 1.82. The third kappa shape index (κ3) is 3.84. The standard InChI is InChI=1S/C18H22N8O/c1-12-15(13-4-3-5-14(27)10-13)16(24-17(20)23-12)25-6-8-26(9-7-25)18(21-2)22-11-19/h3-5,10,27H,6-9H2,1-2H3,(H,21,22)(H2,20,23,24). The van der Waals surface area contributed by atoms with Gasteiger partial charge in [-0.05, 0) is 24.6 Å². The van der Waals surface area contributed by atoms with Gasteiger partial charge in [-0.15, -0.1) is 4.99 Å². The van der Waals surface area contributed by atoms with Gasteiger partial charge in [-0.1, -0.05) is 12.1 Å². The fourth-order valence-electron chi connectivity index (χ4n) is 3.27. The smallest absolute Gasteiger partial charge is 0.222 e. The molecule has 1 aliphatic heterocycles. The number of hydrogen-bond donors (Lipinski definition) is 3. The first kappa shape index (κ1) is 18.3. The van der Waals surface area contributed by atoms with Gasteiger partial charge < -0.3 is 26.0 Å². The van der Waals surface area contributed by atoms with Crippen LogP contribution in [0, 0.1) is 18.4 Å². The van der Waals surface area contributed by atoms with Crippen molar-refractivity contribution in [3.05, 3.63) is 30.0 Å². The molecule has 140 valence electrons. The molecule has 0 radical (unpaired) electrons. The molecule has 0 atom stereocenters. The van der Waals surface area contributed by atoms with E-state index in [4.69, 9.17) is 11.0 Å². The number of rotatable bonds is 2. The van der Waals surface area contributed by atoms with Gasteiger partial charge in [-0.3, -0.25) is 0 Å². The molecule has 9 nitrogen and oxygen atoms in total. The molecule has 0 unspecified atom stereocenters. The molecule has 2 aromatic rings. The molecule has 3 rings (SSSR count). The van der Waals surface area contributed by atoms with Gasteiger partial charge in [-0.25, -0.2) is 4.98 Å². The van der Waals surface area contributed by atoms with E-state index >= 15 is 0 Å². The minimum absolute atomic E-state index is 0.186. The lowest BCUT2D eigenvalue weighted by Gasteiger charge is -2.37. The Kier molecular flexibility index (Phi) is 5.26. The van der Waals surface area contributed by atoms with Crippen molar-refractivity contribution >= 4 is 17.7 Å². The monoisotopic (exact) mass is 366 g/mol. The molecule has 1 saturated heterocycles. The van der Waals surface area contributed by atoms with Crippen LogP contribution in [0.25, 0.3) is 11.1 Å². The van der Waals surface area contributed by atoms with E-state index in [-0.39, 0.29) is 11.7 Å². The number of guanidine groups is 1. The Hall–Kier alpha value is -3.54. The van der Waals surface area contributed by atoms with Crippen molar-refractivity contribution in [3.63, 3.8) is 0 Å². The molecule has 0 amide bonds. The molecule has 9 heteroatoms. The summed E-state index contributed by atoms with van der Waals surface area (Å²) in [5, 5.41) is 21.6. The maximum Gasteiger partial charge on any atom is 0.222 e. The maximum absolute atomic E-state index is 9.86. The molecule has 1 aromatic carbocycles. The van der Waals surface area contributed by atoms with Gasteiger partial charge in [0.05, 0.1) is 5.69 Å². The van der Waals surface area contributed by atoms with Gasteiger partial charge in [0, 0.05) is 38.8 Å². The molecule has 0 saturated carbocycles. The van der Waals surface area contributed by atoms with E-state index in [1.807, 2.05) is 24.1 Å². The molecule has 0 spiro atoms. The summed E-state index contributed by atoms with van der Waals surface area (Å²) in [4.78, 5) is 16.8. The zero-order chi connectivity index (χ0) is 19.4. The second-order valence-electron chi connectivity index (χ2n) is 6.18. The van der Waals surface area contributed by atoms with Crippen molar-refractivity contribution in [2.24, 2.45) is 4.99 Å². The zero-order valence-corrected chi connectivity index (χ0v) is 15.3. The topological polar surface area (TPSA) is 127 Å². The molecule has 2 heterocycles. The number of nitrogens with zero attached hydrogens (tertiary/aromatic N) is 6. The maximum atomic E-state index is 9.86. The second kappa shape index (κ2) is 7.78. The van der Waals surface area contributed by atoms with Crippen molar-refractivity contribution in [3.8, 4) is 23.1 Å². The number of nitrogens with two attached hydrogens (primary N) is 1. The first-order chi connectivity index (χ1) is 13.0. The van der Waals surface area contributed by atoms with Crippen LogP contribution in [-0.4, -0.2) is 59.2 Å². The van der Waals surface area contributed by atoms with E-state index < -0.39 is 0 Å². The van der Waals surface area contributed by atoms with Gasteiger partial charge in [0.2, 0.25) is 18.1 Å². The SMILES string of the molecule is CN/C(=N\C#N)N1CCN(c2nc(N)nc(C)c2-c2cccc(O)c2)CC1. The minimum Gasteiger partial charge on any atom is -0.508 e. The second-order valence-corrected chi connectivity index (χ2v) is 6.18. The van der Waals surface area contributed by atoms with E-state index in [1.165, 1.54) is 0 Å². The number of aliphatic imine (C=N–C) groups is 1. The van der Waals surface area contributed by atoms with Crippen LogP contribution in [0.4, 0.5) is 11.8 Å². The van der Waals surface area contributed by atoms with Gasteiger partial charge in [0.25, 0.3) is 0 Å². The largest absolute Gasteiger partial charge is 0.508 e. The van der Waals surface area contributed by atoms with Crippen molar-refractivity contribution in [2.75, 3.05) is 43.9 Å². The summed E-state index contributed by atoms with van der Waals surface area (Å²) in [6.45, 7) is 4.63. The lowest BCUT2D eigenvalue weighted by molar-refractivity contribution is 0.375. The molecular weight excluding hydrogens is 344 g/mol. The Balaban J connectivity index is 1.92. The fourth-order valence-corrected chi connectivity index (χ4v) is 3.27. The quantitative estimate of drug-likeness (QED) is 0.407. The molecule has 1 aromatic heterocycles. The van der Waals surface area contributed by atoms with Crippen molar-refractivity contribution in [1.82, 2.24) is 20.2 Å². The molecule has 0 aliphatic carbocycles. The third-order valence-corrected chi connectivity index (χ3v) is 4.48. The van der Waals surface area contributed by atoms with Crippen LogP contribution in [-0.2, 0) is 0 Å². The first-order valence-corrected chi connectivity index (χ1v) is 8.61. The van der Waals surface area contributed by atoms with Crippen LogP contribution in [0.5, 0.6) is 5.75 Å². The molecule has 4 N–H and O–H groups in total. The van der Waals surface area contributed by atoms with Crippen LogP contribution in [0.1, 0.15) is 5.69 Å². The number of phenols is 1. The Bertz CT molecular complexity index is 897. The average Bonchev–Trinajstić information content (AvgIpc) is 2.65. The van der Waals surface area contributed by atoms with Gasteiger partial charge in [0.1, 0.15) is 11.6 Å². The number of aryl methyl sites for hydroxylation is 1. The summed E-state index contributed by atoms with van der Waals surface area (Å²) >= 11 is 0. The van der Waals surface area contributed by atoms with Crippen LogP contribution >= 0.6 is 0 Å². The predicted octanol–water partition coefficient (Wildman–Crippen LogP) is 0.918. The number of aromatic hydroxyl groups is 1. The van der Waals surface area contributed by atoms with Gasteiger partial charge in [-0.2, -0.15) is 10.2 Å². The van der Waals surface area contributed by atoms with Crippen LogP contribution in [0.3, 0.4) is 0 Å². The number of hydrogen-bond acceptors (Lipinski definition) is 7. The van der Waals surface area contributed by atoms with Crippen LogP contribution in [0.2, 0.25) is 0 Å². The Labute approximate surface area is 157 Å². The average molecular weight is 366 g/mol. The number of benzene rings is 1. The zero-order valence-electron chi connectivity index (χ0n) is 15.3. The molecular formula is C18H22N8O. The Morgan fingerprint density at radius 1 is 1.30 bits per heavy atom. The van der Waals surface area contributed by atoms with Gasteiger partial charge in [0.15, 0.2) is 0 Å². The fraction of sp³-hybridized carbons (Fsp3) is 0.333. The molecule has 27 heavy (non-hydrogen) atoms. The van der Waals surface area contributed by atoms with Gasteiger partial charge >= 0.3 is 0 Å². The molecule has 0 bridgehead atoms. The van der Waals surface area contributed by atoms with E-state index in [1.54, 1.807) is 25.2 Å². The van der Waals surface area contributed by atoms with E-state index in [0.29, 0.717) is 32.1 Å². The number of aromatic nitrogens is 2. The first-order valence-electron chi connectivity index (χ1n) is 8.61. The number of phenolic OH excluding ortho intramolecular Hbond substituents is 1. The molecule has 1 aliphatic rings. The Morgan fingerprint density at radius 2 is 2.04 bits per heavy atom. The highest BCUT2D eigenvalue weighted by Gasteiger charge is 2.24. The summed E-state index contributed by atoms with van der Waals surface area (Å²) in [5.41, 5.74) is 8.36. The number of nitrogens with one attached hydrogen (secondary N) is 1. The highest BCUT2D eigenvalue weighted by atomic mass is 16.3. The van der Waals surface area contributed by atoms with Crippen LogP contribution < -0.4 is 16.0 Å². The number of anilines is 2. The summed E-state index contributed by atoms with van der Waals surface area (Å²) in [5.74, 6) is 1.71. The number of nitrogen functional groups attached to an aromatic ring is 1. The summed E-state index contributed by atoms with van der Waals surface area (Å²) in [6, 6.07) is 7.03. The Morgan fingerprint density at radius 3 is 2.67 bits per heavy atom. The van der Waals surface area contributed by atoms with E-state index in [2.05, 4.69) is 25.2 Å². The van der Waals surface area contributed by atoms with Crippen LogP contribution in [0.15, 0.2) is 29.3 Å². The summed E-state index contributed by atoms with van der Waals surface area (Å²) in [7, 11) is 1.75. The van der Waals surface area contributed by atoms with E-state index in [0.717, 1.165) is 22.6 Å². The lowest BCUT2D eigenvalue weighted by atomic mass is 10.0. The highest BCUT2D eigenvalue weighted by Crippen LogP contribution is 2.34.